The lowest BCUT2D eigenvalue weighted by atomic mass is 10.1. The first kappa shape index (κ1) is 24.3. The van der Waals surface area contributed by atoms with Crippen LogP contribution >= 0.6 is 0 Å². The van der Waals surface area contributed by atoms with Crippen molar-refractivity contribution < 1.29 is 36.1 Å². The van der Waals surface area contributed by atoms with Gasteiger partial charge in [-0.15, -0.1) is 0 Å². The molecule has 1 fully saturated rings. The van der Waals surface area contributed by atoms with Crippen LogP contribution in [0, 0.1) is 10.1 Å². The van der Waals surface area contributed by atoms with E-state index >= 15 is 0 Å². The van der Waals surface area contributed by atoms with Crippen LogP contribution in [0.3, 0.4) is 0 Å². The molecule has 2 aromatic rings. The van der Waals surface area contributed by atoms with Crippen molar-refractivity contribution in [3.8, 4) is 0 Å². The highest BCUT2D eigenvalue weighted by Gasteiger charge is 2.37. The molecule has 2 aromatic carbocycles. The number of hydrogen-bond acceptors (Lipinski definition) is 5. The number of hydrogen-bond donors (Lipinski definition) is 1. The molecule has 0 unspecified atom stereocenters. The van der Waals surface area contributed by atoms with E-state index in [0.29, 0.717) is 38.3 Å². The van der Waals surface area contributed by atoms with Gasteiger partial charge in [0, 0.05) is 43.5 Å². The van der Waals surface area contributed by atoms with Crippen LogP contribution in [-0.2, 0) is 12.4 Å². The number of anilines is 2. The molecule has 0 aromatic heterocycles. The van der Waals surface area contributed by atoms with E-state index < -0.39 is 45.7 Å². The lowest BCUT2D eigenvalue weighted by Crippen LogP contribution is -2.44. The number of alkyl halides is 6. The summed E-state index contributed by atoms with van der Waals surface area (Å²) in [7, 11) is 1.90. The number of halogens is 6. The molecule has 3 rings (SSSR count). The van der Waals surface area contributed by atoms with E-state index in [1.807, 2.05) is 17.3 Å². The normalized spacial score (nSPS) is 15.4. The third-order valence-corrected chi connectivity index (χ3v) is 5.12. The molecule has 7 nitrogen and oxygen atoms in total. The molecule has 0 spiro atoms. The van der Waals surface area contributed by atoms with Gasteiger partial charge in [-0.05, 0) is 37.4 Å². The molecule has 13 heteroatoms. The van der Waals surface area contributed by atoms with Gasteiger partial charge in [0.25, 0.3) is 11.6 Å². The van der Waals surface area contributed by atoms with Crippen LogP contribution in [0.2, 0.25) is 0 Å². The number of amides is 1. The number of nitrogens with one attached hydrogen (secondary N) is 1. The molecule has 1 aliphatic rings. The first-order valence-corrected chi connectivity index (χ1v) is 9.58. The molecule has 1 heterocycles. The highest BCUT2D eigenvalue weighted by molar-refractivity contribution is 6.05. The molecule has 33 heavy (non-hydrogen) atoms. The second-order valence-corrected chi connectivity index (χ2v) is 7.50. The number of likely N-dealkylation sites (N-methyl/N-ethyl adjacent to an activating group) is 1. The van der Waals surface area contributed by atoms with Gasteiger partial charge in [-0.25, -0.2) is 0 Å². The van der Waals surface area contributed by atoms with Crippen molar-refractivity contribution >= 4 is 23.0 Å². The van der Waals surface area contributed by atoms with Crippen molar-refractivity contribution in [3.63, 3.8) is 0 Å². The van der Waals surface area contributed by atoms with Crippen LogP contribution in [0.25, 0.3) is 0 Å². The average molecular weight is 476 g/mol. The van der Waals surface area contributed by atoms with Crippen molar-refractivity contribution in [1.82, 2.24) is 4.90 Å². The molecule has 1 saturated heterocycles. The Balaban J connectivity index is 1.91. The van der Waals surface area contributed by atoms with E-state index in [1.54, 1.807) is 4.90 Å². The van der Waals surface area contributed by atoms with Gasteiger partial charge in [0.05, 0.1) is 16.1 Å². The molecule has 0 bridgehead atoms. The van der Waals surface area contributed by atoms with Crippen LogP contribution < -0.4 is 10.2 Å². The summed E-state index contributed by atoms with van der Waals surface area (Å²) in [4.78, 5) is 27.2. The highest BCUT2D eigenvalue weighted by atomic mass is 19.4. The van der Waals surface area contributed by atoms with E-state index in [9.17, 15) is 41.3 Å². The summed E-state index contributed by atoms with van der Waals surface area (Å²) in [6.07, 6.45) is -10.2. The minimum absolute atomic E-state index is 0.0641. The maximum absolute atomic E-state index is 13.0. The van der Waals surface area contributed by atoms with Gasteiger partial charge in [0.2, 0.25) is 0 Å². The van der Waals surface area contributed by atoms with E-state index in [2.05, 4.69) is 0 Å². The van der Waals surface area contributed by atoms with E-state index in [-0.39, 0.29) is 17.3 Å². The lowest BCUT2D eigenvalue weighted by molar-refractivity contribution is -0.384. The van der Waals surface area contributed by atoms with Crippen molar-refractivity contribution in [3.05, 3.63) is 63.2 Å². The molecule has 0 aliphatic carbocycles. The standard InChI is InChI=1S/C20H18F6N4O3/c1-28-4-6-29(7-5-28)16-3-2-12(8-17(16)30(32)33)18(31)27-15-10-13(19(21,22)23)9-14(11-15)20(24,25)26/h2-3,8-11H,4-7H2,1H3,(H,27,31). The van der Waals surface area contributed by atoms with Crippen molar-refractivity contribution in [2.75, 3.05) is 43.4 Å². The molecule has 0 atom stereocenters. The maximum atomic E-state index is 13.0. The second-order valence-electron chi connectivity index (χ2n) is 7.50. The quantitative estimate of drug-likeness (QED) is 0.395. The molecular formula is C20H18F6N4O3. The Morgan fingerprint density at radius 3 is 1.97 bits per heavy atom. The average Bonchev–Trinajstić information content (AvgIpc) is 2.72. The smallest absolute Gasteiger partial charge is 0.363 e. The predicted molar refractivity (Wildman–Crippen MR) is 107 cm³/mol. The third-order valence-electron chi connectivity index (χ3n) is 5.12. The van der Waals surface area contributed by atoms with Crippen molar-refractivity contribution in [1.29, 1.82) is 0 Å². The largest absolute Gasteiger partial charge is 0.416 e. The third kappa shape index (κ3) is 5.72. The number of carbonyl (C=O) groups is 1. The van der Waals surface area contributed by atoms with Gasteiger partial charge in [0.1, 0.15) is 5.69 Å². The monoisotopic (exact) mass is 476 g/mol. The maximum Gasteiger partial charge on any atom is 0.416 e. The summed E-state index contributed by atoms with van der Waals surface area (Å²) < 4.78 is 78.1. The second kappa shape index (κ2) is 8.89. The fourth-order valence-corrected chi connectivity index (χ4v) is 3.36. The Morgan fingerprint density at radius 2 is 1.48 bits per heavy atom. The summed E-state index contributed by atoms with van der Waals surface area (Å²) in [6.45, 7) is 2.34. The zero-order valence-corrected chi connectivity index (χ0v) is 17.1. The van der Waals surface area contributed by atoms with Gasteiger partial charge < -0.3 is 15.1 Å². The van der Waals surface area contributed by atoms with Crippen LogP contribution in [-0.4, -0.2) is 49.0 Å². The topological polar surface area (TPSA) is 78.7 Å². The Morgan fingerprint density at radius 1 is 0.939 bits per heavy atom. The number of carbonyl (C=O) groups excluding carboxylic acids is 1. The highest BCUT2D eigenvalue weighted by Crippen LogP contribution is 2.38. The van der Waals surface area contributed by atoms with Gasteiger partial charge in [0.15, 0.2) is 0 Å². The summed E-state index contributed by atoms with van der Waals surface area (Å²) in [5.74, 6) is -1.09. The fraction of sp³-hybridized carbons (Fsp3) is 0.350. The van der Waals surface area contributed by atoms with Crippen LogP contribution in [0.15, 0.2) is 36.4 Å². The summed E-state index contributed by atoms with van der Waals surface area (Å²) >= 11 is 0. The number of piperazine rings is 1. The number of nitrogens with zero attached hydrogens (tertiary/aromatic N) is 3. The molecule has 0 saturated carbocycles. The minimum atomic E-state index is -5.08. The Bertz CT molecular complexity index is 1030. The first-order chi connectivity index (χ1) is 15.3. The molecule has 1 amide bonds. The molecule has 0 radical (unpaired) electrons. The van der Waals surface area contributed by atoms with Gasteiger partial charge in [-0.3, -0.25) is 14.9 Å². The van der Waals surface area contributed by atoms with E-state index in [4.69, 9.17) is 0 Å². The Kier molecular flexibility index (Phi) is 6.54. The lowest BCUT2D eigenvalue weighted by Gasteiger charge is -2.33. The van der Waals surface area contributed by atoms with Crippen LogP contribution in [0.1, 0.15) is 21.5 Å². The molecule has 1 aliphatic heterocycles. The Hall–Kier alpha value is -3.35. The zero-order chi connectivity index (χ0) is 24.6. The van der Waals surface area contributed by atoms with Crippen molar-refractivity contribution in [2.45, 2.75) is 12.4 Å². The number of nitro benzene ring substituents is 1. The minimum Gasteiger partial charge on any atom is -0.363 e. The Labute approximate surface area is 183 Å². The van der Waals surface area contributed by atoms with Gasteiger partial charge >= 0.3 is 12.4 Å². The summed E-state index contributed by atoms with van der Waals surface area (Å²) in [5, 5.41) is 13.5. The molecular weight excluding hydrogens is 458 g/mol. The van der Waals surface area contributed by atoms with Gasteiger partial charge in [-0.1, -0.05) is 0 Å². The number of rotatable bonds is 4. The molecule has 178 valence electrons. The SMILES string of the molecule is CN1CCN(c2ccc(C(=O)Nc3cc(C(F)(F)F)cc(C(F)(F)F)c3)cc2[N+](=O)[O-])CC1. The molecule has 1 N–H and O–H groups in total. The summed E-state index contributed by atoms with van der Waals surface area (Å²) in [6, 6.07) is 4.17. The zero-order valence-electron chi connectivity index (χ0n) is 17.1. The van der Waals surface area contributed by atoms with E-state index in [1.165, 1.54) is 12.1 Å². The fourth-order valence-electron chi connectivity index (χ4n) is 3.36. The number of benzene rings is 2. The number of nitro groups is 1. The van der Waals surface area contributed by atoms with Crippen LogP contribution in [0.5, 0.6) is 0 Å². The predicted octanol–water partition coefficient (Wildman–Crippen LogP) is 4.64. The van der Waals surface area contributed by atoms with E-state index in [0.717, 1.165) is 6.07 Å². The summed E-state index contributed by atoms with van der Waals surface area (Å²) in [5.41, 5.74) is -4.35. The van der Waals surface area contributed by atoms with Crippen LogP contribution in [0.4, 0.5) is 43.4 Å². The van der Waals surface area contributed by atoms with Crippen molar-refractivity contribution in [2.24, 2.45) is 0 Å². The first-order valence-electron chi connectivity index (χ1n) is 9.58. The van der Waals surface area contributed by atoms with Gasteiger partial charge in [-0.2, -0.15) is 26.3 Å².